The Kier molecular flexibility index (Phi) is 4.93. The van der Waals surface area contributed by atoms with E-state index in [1.807, 2.05) is 18.2 Å². The van der Waals surface area contributed by atoms with Crippen molar-refractivity contribution in [2.45, 2.75) is 20.3 Å². The summed E-state index contributed by atoms with van der Waals surface area (Å²) in [7, 11) is 0. The molecule has 136 valence electrons. The molecule has 0 saturated heterocycles. The van der Waals surface area contributed by atoms with Crippen LogP contribution in [0.1, 0.15) is 19.4 Å². The number of rotatable bonds is 5. The van der Waals surface area contributed by atoms with Gasteiger partial charge in [-0.1, -0.05) is 42.5 Å². The molecule has 0 saturated carbocycles. The molecule has 0 unspecified atom stereocenters. The number of ether oxygens (including phenoxy) is 1. The smallest absolute Gasteiger partial charge is 0.155 e. The minimum atomic E-state index is 0.820. The highest BCUT2D eigenvalue weighted by molar-refractivity contribution is 5.64. The molecule has 0 aliphatic carbocycles. The molecule has 0 aromatic heterocycles. The molecule has 3 heteroatoms. The van der Waals surface area contributed by atoms with Crippen molar-refractivity contribution in [2.75, 3.05) is 18.0 Å². The van der Waals surface area contributed by atoms with Gasteiger partial charge in [0.1, 0.15) is 11.0 Å². The molecular formula is C24H24N2O. The van der Waals surface area contributed by atoms with Gasteiger partial charge < -0.3 is 9.64 Å². The number of hydrogen-bond acceptors (Lipinski definition) is 3. The Hall–Kier alpha value is -3.07. The predicted molar refractivity (Wildman–Crippen MR) is 112 cm³/mol. The minimum absolute atomic E-state index is 0.820. The first kappa shape index (κ1) is 17.3. The van der Waals surface area contributed by atoms with E-state index in [9.17, 15) is 0 Å². The molecular weight excluding hydrogens is 332 g/mol. The van der Waals surface area contributed by atoms with E-state index in [0.717, 1.165) is 47.3 Å². The van der Waals surface area contributed by atoms with Crippen LogP contribution in [0.2, 0.25) is 0 Å². The third-order valence-electron chi connectivity index (χ3n) is 4.93. The Balaban J connectivity index is 1.65. The molecule has 0 bridgehead atoms. The second-order valence-electron chi connectivity index (χ2n) is 6.66. The van der Waals surface area contributed by atoms with Gasteiger partial charge in [0.05, 0.1) is 0 Å². The number of benzene rings is 3. The number of fused-ring (bicyclic) bond motifs is 2. The lowest BCUT2D eigenvalue weighted by atomic mass is 10.1. The largest absolute Gasteiger partial charge is 0.453 e. The quantitative estimate of drug-likeness (QED) is 0.521. The van der Waals surface area contributed by atoms with Gasteiger partial charge in [-0.15, -0.1) is 0 Å². The zero-order valence-electron chi connectivity index (χ0n) is 15.9. The standard InChI is InChI=1S/C24H24N2O/c1-3-26(4-2)20-13-15-22-24(17-20)27-23-16-19(12-14-21(23)25-22)11-10-18-8-6-5-7-9-18/h5-9,11-17H,3-4,10H2,1-2H3/b19-11+. The number of nitrogens with zero attached hydrogens (tertiary/aromatic N) is 2. The second-order valence-corrected chi connectivity index (χ2v) is 6.66. The molecule has 0 spiro atoms. The van der Waals surface area contributed by atoms with Crippen molar-refractivity contribution in [3.8, 4) is 11.5 Å². The van der Waals surface area contributed by atoms with Gasteiger partial charge in [-0.25, -0.2) is 4.99 Å². The Morgan fingerprint density at radius 2 is 1.70 bits per heavy atom. The first-order valence-electron chi connectivity index (χ1n) is 9.56. The summed E-state index contributed by atoms with van der Waals surface area (Å²) in [5.41, 5.74) is 3.36. The predicted octanol–water partition coefficient (Wildman–Crippen LogP) is 4.61. The van der Waals surface area contributed by atoms with E-state index in [1.165, 1.54) is 11.3 Å². The third-order valence-corrected chi connectivity index (χ3v) is 4.93. The number of anilines is 1. The summed E-state index contributed by atoms with van der Waals surface area (Å²) >= 11 is 0. The van der Waals surface area contributed by atoms with Crippen LogP contribution in [0.3, 0.4) is 0 Å². The van der Waals surface area contributed by atoms with Crippen LogP contribution in [0.25, 0.3) is 6.08 Å². The highest BCUT2D eigenvalue weighted by atomic mass is 16.5. The average molecular weight is 356 g/mol. The van der Waals surface area contributed by atoms with E-state index in [-0.39, 0.29) is 0 Å². The topological polar surface area (TPSA) is 24.8 Å². The van der Waals surface area contributed by atoms with Crippen LogP contribution in [0.4, 0.5) is 11.4 Å². The molecule has 0 radical (unpaired) electrons. The molecule has 3 aromatic carbocycles. The molecule has 1 heterocycles. The third kappa shape index (κ3) is 3.72. The fraction of sp³-hybridized carbons (Fsp3) is 0.208. The summed E-state index contributed by atoms with van der Waals surface area (Å²) in [5.74, 6) is 1.65. The SMILES string of the molecule is CCN(CC)c1ccc2c(c1)Oc1c/c(=C/Cc3ccccc3)ccc1=N2. The van der Waals surface area contributed by atoms with E-state index in [4.69, 9.17) is 9.73 Å². The van der Waals surface area contributed by atoms with Crippen molar-refractivity contribution in [1.82, 2.24) is 0 Å². The summed E-state index contributed by atoms with van der Waals surface area (Å²) in [5, 5.41) is 2.03. The average Bonchev–Trinajstić information content (AvgIpc) is 2.72. The van der Waals surface area contributed by atoms with Crippen LogP contribution in [0, 0.1) is 0 Å². The van der Waals surface area contributed by atoms with Gasteiger partial charge >= 0.3 is 0 Å². The van der Waals surface area contributed by atoms with E-state index in [0.29, 0.717) is 0 Å². The van der Waals surface area contributed by atoms with Crippen LogP contribution in [-0.2, 0) is 6.42 Å². The maximum atomic E-state index is 6.21. The molecule has 27 heavy (non-hydrogen) atoms. The monoisotopic (exact) mass is 356 g/mol. The lowest BCUT2D eigenvalue weighted by Crippen LogP contribution is -2.22. The molecule has 3 nitrogen and oxygen atoms in total. The molecule has 4 rings (SSSR count). The molecule has 0 atom stereocenters. The fourth-order valence-electron chi connectivity index (χ4n) is 3.39. The molecule has 1 aliphatic heterocycles. The zero-order chi connectivity index (χ0) is 18.6. The van der Waals surface area contributed by atoms with Crippen molar-refractivity contribution >= 4 is 17.5 Å². The Bertz CT molecular complexity index is 1050. The van der Waals surface area contributed by atoms with Crippen LogP contribution in [0.5, 0.6) is 11.5 Å². The van der Waals surface area contributed by atoms with Crippen LogP contribution in [0.15, 0.2) is 71.7 Å². The van der Waals surface area contributed by atoms with Crippen LogP contribution < -0.4 is 20.2 Å². The highest BCUT2D eigenvalue weighted by Crippen LogP contribution is 2.36. The van der Waals surface area contributed by atoms with Crippen molar-refractivity contribution in [3.63, 3.8) is 0 Å². The Morgan fingerprint density at radius 1 is 0.889 bits per heavy atom. The van der Waals surface area contributed by atoms with E-state index in [1.54, 1.807) is 0 Å². The Labute approximate surface area is 160 Å². The van der Waals surface area contributed by atoms with Crippen molar-refractivity contribution in [3.05, 3.63) is 82.9 Å². The van der Waals surface area contributed by atoms with Gasteiger partial charge in [0.2, 0.25) is 0 Å². The summed E-state index contributed by atoms with van der Waals surface area (Å²) in [6.07, 6.45) is 3.13. The van der Waals surface area contributed by atoms with Crippen molar-refractivity contribution in [2.24, 2.45) is 4.99 Å². The normalized spacial score (nSPS) is 12.6. The maximum Gasteiger partial charge on any atom is 0.155 e. The first-order valence-corrected chi connectivity index (χ1v) is 9.56. The fourth-order valence-corrected chi connectivity index (χ4v) is 3.39. The number of hydrogen-bond donors (Lipinski definition) is 0. The molecule has 3 aromatic rings. The summed E-state index contributed by atoms with van der Waals surface area (Å²) < 4.78 is 6.21. The minimum Gasteiger partial charge on any atom is -0.453 e. The van der Waals surface area contributed by atoms with Gasteiger partial charge in [-0.3, -0.25) is 0 Å². The van der Waals surface area contributed by atoms with Gasteiger partial charge in [0, 0.05) is 24.8 Å². The second kappa shape index (κ2) is 7.67. The molecule has 0 fully saturated rings. The highest BCUT2D eigenvalue weighted by Gasteiger charge is 2.14. The summed E-state index contributed by atoms with van der Waals surface area (Å²) in [6, 6.07) is 22.9. The van der Waals surface area contributed by atoms with Gasteiger partial charge in [-0.2, -0.15) is 0 Å². The first-order chi connectivity index (χ1) is 13.3. The van der Waals surface area contributed by atoms with Crippen molar-refractivity contribution in [1.29, 1.82) is 0 Å². The van der Waals surface area contributed by atoms with E-state index in [2.05, 4.69) is 73.4 Å². The lowest BCUT2D eigenvalue weighted by Gasteiger charge is -2.23. The Morgan fingerprint density at radius 3 is 2.48 bits per heavy atom. The van der Waals surface area contributed by atoms with Crippen molar-refractivity contribution < 1.29 is 4.74 Å². The molecule has 1 aliphatic rings. The van der Waals surface area contributed by atoms with Gasteiger partial charge in [0.15, 0.2) is 11.5 Å². The van der Waals surface area contributed by atoms with E-state index < -0.39 is 0 Å². The van der Waals surface area contributed by atoms with Gasteiger partial charge in [-0.05, 0) is 55.3 Å². The summed E-state index contributed by atoms with van der Waals surface area (Å²) in [6.45, 7) is 6.28. The lowest BCUT2D eigenvalue weighted by molar-refractivity contribution is 0.469. The summed E-state index contributed by atoms with van der Waals surface area (Å²) in [4.78, 5) is 7.07. The molecule has 0 amide bonds. The van der Waals surface area contributed by atoms with E-state index >= 15 is 0 Å². The van der Waals surface area contributed by atoms with Gasteiger partial charge in [0.25, 0.3) is 0 Å². The van der Waals surface area contributed by atoms with Crippen LogP contribution >= 0.6 is 0 Å². The maximum absolute atomic E-state index is 6.21. The molecule has 0 N–H and O–H groups in total. The van der Waals surface area contributed by atoms with Crippen LogP contribution in [-0.4, -0.2) is 13.1 Å². The zero-order valence-corrected chi connectivity index (χ0v) is 15.9.